The Morgan fingerprint density at radius 2 is 1.84 bits per heavy atom. The highest BCUT2D eigenvalue weighted by Gasteiger charge is 2.60. The minimum absolute atomic E-state index is 0.0449. The monoisotopic (exact) mass is 541 g/mol. The van der Waals surface area contributed by atoms with Crippen molar-refractivity contribution in [3.8, 4) is 22.6 Å². The first-order valence-electron chi connectivity index (χ1n) is 12.5. The number of alkyl halides is 3. The maximum absolute atomic E-state index is 13.0. The number of aryl methyl sites for hydroxylation is 1. The average molecular weight is 542 g/mol. The van der Waals surface area contributed by atoms with Crippen LogP contribution in [-0.4, -0.2) is 34.1 Å². The van der Waals surface area contributed by atoms with Gasteiger partial charge in [0.05, 0.1) is 17.5 Å². The SMILES string of the molecule is Cn1c(-c2ccc(Cl)cc2)cnc1-c1ccsc1CCCN1C[C@@H]2C[C@]2(c2ccc(C(F)(F)F)cc2)C1. The number of aromatic nitrogens is 2. The molecule has 2 aliphatic rings. The van der Waals surface area contributed by atoms with Gasteiger partial charge in [0.2, 0.25) is 0 Å². The summed E-state index contributed by atoms with van der Waals surface area (Å²) in [5.74, 6) is 1.52. The van der Waals surface area contributed by atoms with Crippen molar-refractivity contribution < 1.29 is 13.2 Å². The number of likely N-dealkylation sites (tertiary alicyclic amines) is 1. The van der Waals surface area contributed by atoms with Gasteiger partial charge < -0.3 is 9.47 Å². The molecule has 6 rings (SSSR count). The molecule has 1 aliphatic carbocycles. The number of hydrogen-bond donors (Lipinski definition) is 0. The number of hydrogen-bond acceptors (Lipinski definition) is 3. The first kappa shape index (κ1) is 24.7. The molecule has 8 heteroatoms. The largest absolute Gasteiger partial charge is 0.416 e. The van der Waals surface area contributed by atoms with Crippen molar-refractivity contribution in [1.82, 2.24) is 14.5 Å². The molecular formula is C29H27ClF3N3S. The van der Waals surface area contributed by atoms with E-state index in [-0.39, 0.29) is 5.41 Å². The molecule has 1 saturated heterocycles. The van der Waals surface area contributed by atoms with Crippen molar-refractivity contribution in [1.29, 1.82) is 0 Å². The second kappa shape index (κ2) is 9.29. The maximum atomic E-state index is 13.0. The number of rotatable bonds is 7. The maximum Gasteiger partial charge on any atom is 0.416 e. The molecule has 2 aromatic heterocycles. The summed E-state index contributed by atoms with van der Waals surface area (Å²) >= 11 is 7.82. The number of fused-ring (bicyclic) bond motifs is 1. The highest BCUT2D eigenvalue weighted by Crippen LogP contribution is 2.59. The fourth-order valence-electron chi connectivity index (χ4n) is 5.94. The lowest BCUT2D eigenvalue weighted by Crippen LogP contribution is -2.27. The van der Waals surface area contributed by atoms with Crippen LogP contribution in [0.15, 0.2) is 66.2 Å². The number of nitrogens with zero attached hydrogens (tertiary/aromatic N) is 3. The van der Waals surface area contributed by atoms with Crippen molar-refractivity contribution in [2.45, 2.75) is 30.9 Å². The number of halogens is 4. The van der Waals surface area contributed by atoms with Crippen molar-refractivity contribution in [2.75, 3.05) is 19.6 Å². The molecule has 192 valence electrons. The number of imidazole rings is 1. The van der Waals surface area contributed by atoms with Gasteiger partial charge in [-0.15, -0.1) is 11.3 Å². The Morgan fingerprint density at radius 1 is 1.08 bits per heavy atom. The smallest absolute Gasteiger partial charge is 0.327 e. The van der Waals surface area contributed by atoms with E-state index in [0.29, 0.717) is 10.9 Å². The molecule has 37 heavy (non-hydrogen) atoms. The zero-order chi connectivity index (χ0) is 25.8. The molecule has 3 nitrogen and oxygen atoms in total. The molecule has 4 aromatic rings. The summed E-state index contributed by atoms with van der Waals surface area (Å²) in [7, 11) is 2.05. The Morgan fingerprint density at radius 3 is 2.57 bits per heavy atom. The van der Waals surface area contributed by atoms with Gasteiger partial charge in [-0.3, -0.25) is 0 Å². The van der Waals surface area contributed by atoms with Gasteiger partial charge in [0.25, 0.3) is 0 Å². The number of benzene rings is 2. The van der Waals surface area contributed by atoms with E-state index in [4.69, 9.17) is 16.6 Å². The summed E-state index contributed by atoms with van der Waals surface area (Å²) in [6.45, 7) is 2.96. The van der Waals surface area contributed by atoms with E-state index in [0.717, 1.165) is 61.5 Å². The van der Waals surface area contributed by atoms with Crippen molar-refractivity contribution in [2.24, 2.45) is 13.0 Å². The first-order valence-corrected chi connectivity index (χ1v) is 13.7. The van der Waals surface area contributed by atoms with Gasteiger partial charge in [0.15, 0.2) is 0 Å². The summed E-state index contributed by atoms with van der Waals surface area (Å²) < 4.78 is 41.0. The van der Waals surface area contributed by atoms with Gasteiger partial charge >= 0.3 is 6.18 Å². The van der Waals surface area contributed by atoms with Gasteiger partial charge in [0.1, 0.15) is 5.82 Å². The third-order valence-corrected chi connectivity index (χ3v) is 9.23. The molecule has 2 fully saturated rings. The molecule has 0 N–H and O–H groups in total. The van der Waals surface area contributed by atoms with E-state index in [1.165, 1.54) is 22.6 Å². The van der Waals surface area contributed by atoms with E-state index in [2.05, 4.69) is 20.9 Å². The van der Waals surface area contributed by atoms with E-state index < -0.39 is 11.7 Å². The molecule has 0 unspecified atom stereocenters. The third kappa shape index (κ3) is 4.62. The summed E-state index contributed by atoms with van der Waals surface area (Å²) in [5.41, 5.74) is 3.84. The Labute approximate surface area is 223 Å². The zero-order valence-electron chi connectivity index (χ0n) is 20.4. The summed E-state index contributed by atoms with van der Waals surface area (Å²) in [5, 5.41) is 2.85. The van der Waals surface area contributed by atoms with Crippen LogP contribution in [0.1, 0.15) is 28.8 Å². The van der Waals surface area contributed by atoms with E-state index in [1.54, 1.807) is 23.5 Å². The van der Waals surface area contributed by atoms with Crippen LogP contribution >= 0.6 is 22.9 Å². The Balaban J connectivity index is 1.08. The van der Waals surface area contributed by atoms with Crippen LogP contribution in [0.5, 0.6) is 0 Å². The Bertz CT molecular complexity index is 1410. The fourth-order valence-corrected chi connectivity index (χ4v) is 6.98. The Hall–Kier alpha value is -2.61. The van der Waals surface area contributed by atoms with Gasteiger partial charge in [-0.25, -0.2) is 4.98 Å². The number of thiophene rings is 1. The molecule has 0 radical (unpaired) electrons. The summed E-state index contributed by atoms with van der Waals surface area (Å²) in [6.07, 6.45) is 0.729. The van der Waals surface area contributed by atoms with E-state index >= 15 is 0 Å². The van der Waals surface area contributed by atoms with Gasteiger partial charge in [-0.05, 0) is 78.6 Å². The lowest BCUT2D eigenvalue weighted by molar-refractivity contribution is -0.137. The third-order valence-electron chi connectivity index (χ3n) is 8.00. The quantitative estimate of drug-likeness (QED) is 0.239. The molecule has 0 bridgehead atoms. The van der Waals surface area contributed by atoms with Crippen LogP contribution in [0.4, 0.5) is 13.2 Å². The molecule has 0 spiro atoms. The standard InChI is InChI=1S/C29H27ClF3N3S/c1-35-25(19-4-10-23(30)11-5-19)16-34-27(35)24-12-14-37-26(24)3-2-13-36-17-22-15-28(22,18-36)20-6-8-21(9-7-20)29(31,32)33/h4-12,14,16,22H,2-3,13,15,17-18H2,1H3/t22-,28+/m0/s1. The van der Waals surface area contributed by atoms with Crippen LogP contribution in [0.3, 0.4) is 0 Å². The van der Waals surface area contributed by atoms with Gasteiger partial charge in [-0.2, -0.15) is 13.2 Å². The zero-order valence-corrected chi connectivity index (χ0v) is 22.0. The average Bonchev–Trinajstić information content (AvgIpc) is 3.20. The highest BCUT2D eigenvalue weighted by atomic mass is 35.5. The predicted molar refractivity (Wildman–Crippen MR) is 143 cm³/mol. The van der Waals surface area contributed by atoms with Gasteiger partial charge in [-0.1, -0.05) is 35.9 Å². The normalized spacial score (nSPS) is 21.4. The van der Waals surface area contributed by atoms with Crippen LogP contribution in [-0.2, 0) is 25.1 Å². The topological polar surface area (TPSA) is 21.1 Å². The summed E-state index contributed by atoms with van der Waals surface area (Å²) in [4.78, 5) is 8.55. The molecule has 2 atom stereocenters. The van der Waals surface area contributed by atoms with Crippen LogP contribution in [0.25, 0.3) is 22.6 Å². The lowest BCUT2D eigenvalue weighted by Gasteiger charge is -2.21. The van der Waals surface area contributed by atoms with Crippen molar-refractivity contribution in [3.05, 3.63) is 87.2 Å². The second-order valence-electron chi connectivity index (χ2n) is 10.3. The van der Waals surface area contributed by atoms with Crippen molar-refractivity contribution in [3.63, 3.8) is 0 Å². The van der Waals surface area contributed by atoms with Crippen LogP contribution in [0.2, 0.25) is 5.02 Å². The molecule has 2 aromatic carbocycles. The number of piperidine rings is 1. The first-order chi connectivity index (χ1) is 17.7. The molecule has 1 aliphatic heterocycles. The van der Waals surface area contributed by atoms with Crippen molar-refractivity contribution >= 4 is 22.9 Å². The van der Waals surface area contributed by atoms with E-state index in [1.807, 2.05) is 37.5 Å². The fraction of sp³-hybridized carbons (Fsp3) is 0.345. The molecule has 3 heterocycles. The van der Waals surface area contributed by atoms with Crippen LogP contribution < -0.4 is 0 Å². The van der Waals surface area contributed by atoms with Gasteiger partial charge in [0, 0.05) is 41.0 Å². The highest BCUT2D eigenvalue weighted by molar-refractivity contribution is 7.10. The van der Waals surface area contributed by atoms with Crippen LogP contribution in [0, 0.1) is 5.92 Å². The Kier molecular flexibility index (Phi) is 6.21. The predicted octanol–water partition coefficient (Wildman–Crippen LogP) is 7.69. The second-order valence-corrected chi connectivity index (χ2v) is 11.7. The summed E-state index contributed by atoms with van der Waals surface area (Å²) in [6, 6.07) is 15.8. The minimum Gasteiger partial charge on any atom is -0.327 e. The molecule has 1 saturated carbocycles. The molecular weight excluding hydrogens is 515 g/mol. The molecule has 0 amide bonds. The van der Waals surface area contributed by atoms with E-state index in [9.17, 15) is 13.2 Å². The minimum atomic E-state index is -4.28. The lowest BCUT2D eigenvalue weighted by atomic mass is 9.94.